The number of benzene rings is 2. The zero-order valence-electron chi connectivity index (χ0n) is 35.3. The number of carbonyl (C=O) groups excluding carboxylic acids is 2. The Morgan fingerprint density at radius 2 is 1.81 bits per heavy atom. The summed E-state index contributed by atoms with van der Waals surface area (Å²) in [5.74, 6) is -0.449. The Kier molecular flexibility index (Phi) is 15.8. The normalized spacial score (nSPS) is 24.1. The number of oxime groups is 1. The molecule has 0 spiro atoms. The second-order valence-corrected chi connectivity index (χ2v) is 16.5. The number of amides is 2. The molecule has 2 amide bonds. The molecule has 0 aromatic heterocycles. The number of nitrogens with zero attached hydrogens (tertiary/aromatic N) is 2. The van der Waals surface area contributed by atoms with Crippen molar-refractivity contribution in [2.24, 2.45) is 22.9 Å². The van der Waals surface area contributed by atoms with Crippen molar-refractivity contribution in [1.29, 1.82) is 0 Å². The molecule has 1 saturated carbocycles. The highest BCUT2D eigenvalue weighted by Crippen LogP contribution is 2.62. The molecule has 6 unspecified atom stereocenters. The fourth-order valence-corrected chi connectivity index (χ4v) is 8.95. The molecule has 3 N–H and O–H groups in total. The number of aliphatic hydroxyl groups excluding tert-OH is 2. The summed E-state index contributed by atoms with van der Waals surface area (Å²) in [4.78, 5) is 35.7. The van der Waals surface area contributed by atoms with Gasteiger partial charge in [-0.05, 0) is 113 Å². The quantitative estimate of drug-likeness (QED) is 0.0696. The monoisotopic (exact) mass is 803 g/mol. The number of aliphatic hydroxyl groups is 2. The number of unbranched alkanes of at least 4 members (excludes halogenated alkanes) is 2. The van der Waals surface area contributed by atoms with Crippen molar-refractivity contribution in [3.8, 4) is 17.2 Å². The van der Waals surface area contributed by atoms with E-state index < -0.39 is 29.4 Å². The van der Waals surface area contributed by atoms with Gasteiger partial charge in [0.2, 0.25) is 11.7 Å². The molecule has 1 aliphatic heterocycles. The predicted molar refractivity (Wildman–Crippen MR) is 224 cm³/mol. The van der Waals surface area contributed by atoms with Crippen LogP contribution >= 0.6 is 0 Å². The average molecular weight is 804 g/mol. The van der Waals surface area contributed by atoms with Gasteiger partial charge < -0.3 is 44.2 Å². The summed E-state index contributed by atoms with van der Waals surface area (Å²) in [7, 11) is 1.61. The van der Waals surface area contributed by atoms with Crippen LogP contribution in [0.5, 0.6) is 17.2 Å². The maximum atomic E-state index is 14.8. The molecule has 1 fully saturated rings. The summed E-state index contributed by atoms with van der Waals surface area (Å²) in [6.07, 6.45) is 9.14. The Labute approximate surface area is 344 Å². The number of fused-ring (bicyclic) bond motifs is 2. The minimum Gasteiger partial charge on any atom is -0.497 e. The van der Waals surface area contributed by atoms with Crippen LogP contribution in [0.3, 0.4) is 0 Å². The number of allylic oxidation sites excluding steroid dienone is 1. The predicted octanol–water partition coefficient (Wildman–Crippen LogP) is 7.72. The average Bonchev–Trinajstić information content (AvgIpc) is 3.19. The van der Waals surface area contributed by atoms with Crippen LogP contribution in [0.1, 0.15) is 103 Å². The van der Waals surface area contributed by atoms with E-state index in [0.29, 0.717) is 56.0 Å². The minimum atomic E-state index is -1.38. The van der Waals surface area contributed by atoms with Gasteiger partial charge in [-0.2, -0.15) is 0 Å². The van der Waals surface area contributed by atoms with Gasteiger partial charge in [0.25, 0.3) is 0 Å². The lowest BCUT2D eigenvalue weighted by molar-refractivity contribution is -0.257. The Morgan fingerprint density at radius 1 is 1.05 bits per heavy atom. The summed E-state index contributed by atoms with van der Waals surface area (Å²) in [6.45, 7) is 15.0. The van der Waals surface area contributed by atoms with Crippen LogP contribution in [0.25, 0.3) is 0 Å². The molecule has 3 aliphatic rings. The number of rotatable bonds is 20. The number of methoxy groups -OCH3 is 1. The van der Waals surface area contributed by atoms with Crippen LogP contribution in [0, 0.1) is 17.8 Å². The first kappa shape index (κ1) is 44.7. The molecule has 0 radical (unpaired) electrons. The molecule has 0 saturated heterocycles. The van der Waals surface area contributed by atoms with E-state index in [1.165, 1.54) is 0 Å². The van der Waals surface area contributed by atoms with Crippen LogP contribution < -0.4 is 19.5 Å². The lowest BCUT2D eigenvalue weighted by Gasteiger charge is -2.60. The molecule has 2 aromatic rings. The first-order valence-electron chi connectivity index (χ1n) is 21.1. The molecule has 2 aliphatic carbocycles. The number of nitrogens with one attached hydrogen (secondary N) is 1. The zero-order valence-corrected chi connectivity index (χ0v) is 35.3. The Morgan fingerprint density at radius 3 is 2.48 bits per heavy atom. The number of carbonyl (C=O) groups is 2. The van der Waals surface area contributed by atoms with Crippen molar-refractivity contribution in [3.63, 3.8) is 0 Å². The van der Waals surface area contributed by atoms with Gasteiger partial charge in [-0.15, -0.1) is 6.58 Å². The molecular formula is C46H65N3O9. The van der Waals surface area contributed by atoms with E-state index in [9.17, 15) is 19.8 Å². The van der Waals surface area contributed by atoms with Crippen molar-refractivity contribution in [2.75, 3.05) is 40.0 Å². The molecule has 2 aromatic carbocycles. The standard InChI is InChI=1S/C46H65N3O9/c1-8-22-49(41(52)27-31-16-15-18-33(26-31)54-7)40-30-38(48-58-45(4,5)6)36-28-32(17-11-13-23-50)35(19-12-14-24-51)42-37-29-34(56-44(53)47-10-3)20-21-39(37)57-46(40,43(36)42)55-25-9-2/h9,15-16,18,20-21,26,28-29,32,35,40,42-43,50-51H,2,8,10-14,17,19,22-25,27,30H2,1,3-7H3,(H,47,53). The van der Waals surface area contributed by atoms with Crippen molar-refractivity contribution in [1.82, 2.24) is 10.2 Å². The molecular weight excluding hydrogens is 739 g/mol. The van der Waals surface area contributed by atoms with Gasteiger partial charge >= 0.3 is 6.09 Å². The van der Waals surface area contributed by atoms with Crippen molar-refractivity contribution >= 4 is 17.7 Å². The third kappa shape index (κ3) is 10.4. The van der Waals surface area contributed by atoms with Crippen LogP contribution in [0.4, 0.5) is 4.79 Å². The SMILES string of the molecule is C=CCOC12Oc3ccc(OC(=O)NCC)cc3C3C(CCCCO)C(CCCCO)C=C(C(=NOC(C)(C)C)CC1N(CCC)C(=O)Cc1cccc(OC)c1)C32. The first-order chi connectivity index (χ1) is 27.9. The second-order valence-electron chi connectivity index (χ2n) is 16.5. The molecule has 12 heteroatoms. The summed E-state index contributed by atoms with van der Waals surface area (Å²) in [6, 6.07) is 12.4. The maximum Gasteiger partial charge on any atom is 0.412 e. The topological polar surface area (TPSA) is 148 Å². The van der Waals surface area contributed by atoms with Crippen LogP contribution in [0.15, 0.2) is 71.9 Å². The van der Waals surface area contributed by atoms with Crippen LogP contribution in [-0.2, 0) is 20.8 Å². The van der Waals surface area contributed by atoms with Gasteiger partial charge in [0.1, 0.15) is 28.9 Å². The largest absolute Gasteiger partial charge is 0.497 e. The smallest absolute Gasteiger partial charge is 0.412 e. The van der Waals surface area contributed by atoms with E-state index in [1.807, 2.05) is 69.0 Å². The zero-order chi connectivity index (χ0) is 41.9. The number of hydrogen-bond donors (Lipinski definition) is 3. The van der Waals surface area contributed by atoms with E-state index in [4.69, 9.17) is 28.9 Å². The van der Waals surface area contributed by atoms with E-state index in [2.05, 4.69) is 24.9 Å². The fourth-order valence-electron chi connectivity index (χ4n) is 8.95. The molecule has 1 heterocycles. The van der Waals surface area contributed by atoms with Crippen molar-refractivity contribution in [2.45, 2.75) is 116 Å². The first-order valence-corrected chi connectivity index (χ1v) is 21.1. The van der Waals surface area contributed by atoms with Gasteiger partial charge in [-0.25, -0.2) is 4.79 Å². The highest BCUT2D eigenvalue weighted by Gasteiger charge is 2.65. The summed E-state index contributed by atoms with van der Waals surface area (Å²) >= 11 is 0. The van der Waals surface area contributed by atoms with E-state index in [0.717, 1.165) is 48.1 Å². The summed E-state index contributed by atoms with van der Waals surface area (Å²) in [5.41, 5.74) is 2.78. The molecule has 6 atom stereocenters. The van der Waals surface area contributed by atoms with Gasteiger partial charge in [0.05, 0.1) is 31.8 Å². The second kappa shape index (κ2) is 20.5. The van der Waals surface area contributed by atoms with Crippen molar-refractivity contribution < 1.29 is 43.6 Å². The Bertz CT molecular complexity index is 1770. The van der Waals surface area contributed by atoms with Gasteiger partial charge in [0.15, 0.2) is 0 Å². The highest BCUT2D eigenvalue weighted by molar-refractivity contribution is 6.03. The number of hydrogen-bond acceptors (Lipinski definition) is 10. The van der Waals surface area contributed by atoms with Crippen molar-refractivity contribution in [3.05, 3.63) is 77.9 Å². The number of ether oxygens (including phenoxy) is 4. The third-order valence-electron chi connectivity index (χ3n) is 11.3. The van der Waals surface area contributed by atoms with E-state index in [1.54, 1.807) is 19.3 Å². The summed E-state index contributed by atoms with van der Waals surface area (Å²) in [5, 5.41) is 27.4. The minimum absolute atomic E-state index is 0.0312. The molecule has 12 nitrogen and oxygen atoms in total. The highest BCUT2D eigenvalue weighted by atomic mass is 16.7. The molecule has 58 heavy (non-hydrogen) atoms. The van der Waals surface area contributed by atoms with Crippen LogP contribution in [-0.4, -0.2) is 90.3 Å². The maximum absolute atomic E-state index is 14.8. The van der Waals surface area contributed by atoms with Gasteiger partial charge in [-0.1, -0.05) is 49.2 Å². The molecule has 318 valence electrons. The fraction of sp³-hybridized carbons (Fsp3) is 0.587. The van der Waals surface area contributed by atoms with Crippen LogP contribution in [0.2, 0.25) is 0 Å². The third-order valence-corrected chi connectivity index (χ3v) is 11.3. The van der Waals surface area contributed by atoms with E-state index >= 15 is 0 Å². The van der Waals surface area contributed by atoms with E-state index in [-0.39, 0.29) is 49.9 Å². The van der Waals surface area contributed by atoms with Gasteiger partial charge in [-0.3, -0.25) is 4.79 Å². The lowest BCUT2D eigenvalue weighted by atomic mass is 9.55. The molecule has 5 rings (SSSR count). The lowest BCUT2D eigenvalue weighted by Crippen LogP contribution is -2.70. The Hall–Kier alpha value is -4.39. The molecule has 0 bridgehead atoms. The summed E-state index contributed by atoms with van der Waals surface area (Å²) < 4.78 is 25.6. The Balaban J connectivity index is 1.78. The van der Waals surface area contributed by atoms with Gasteiger partial charge in [0, 0.05) is 44.2 Å².